The molecule has 0 saturated carbocycles. The molecule has 1 heterocycles. The van der Waals surface area contributed by atoms with Gasteiger partial charge in [-0.25, -0.2) is 4.39 Å². The molecule has 5 heteroatoms. The summed E-state index contributed by atoms with van der Waals surface area (Å²) in [6.07, 6.45) is 0.548. The van der Waals surface area contributed by atoms with Gasteiger partial charge in [0.15, 0.2) is 0 Å². The molecule has 2 rings (SSSR count). The first-order chi connectivity index (χ1) is 9.53. The van der Waals surface area contributed by atoms with Crippen LogP contribution in [0.25, 0.3) is 0 Å². The smallest absolute Gasteiger partial charge is 0.124 e. The van der Waals surface area contributed by atoms with Crippen LogP contribution in [0.15, 0.2) is 28.7 Å². The fraction of sp³-hybridized carbons (Fsp3) is 0.400. The van der Waals surface area contributed by atoms with Gasteiger partial charge in [-0.05, 0) is 43.2 Å². The van der Waals surface area contributed by atoms with Crippen LogP contribution in [0.4, 0.5) is 4.39 Å². The Hall–Kier alpha value is -1.20. The third-order valence-electron chi connectivity index (χ3n) is 3.25. The number of halogens is 2. The Labute approximate surface area is 126 Å². The highest BCUT2D eigenvalue weighted by molar-refractivity contribution is 9.10. The molecule has 0 fully saturated rings. The van der Waals surface area contributed by atoms with E-state index in [9.17, 15) is 9.50 Å². The molecular formula is C15H18BrFN2O. The zero-order valence-electron chi connectivity index (χ0n) is 11.6. The van der Waals surface area contributed by atoms with Crippen LogP contribution in [0.5, 0.6) is 0 Å². The van der Waals surface area contributed by atoms with Crippen LogP contribution in [-0.2, 0) is 19.4 Å². The van der Waals surface area contributed by atoms with Crippen molar-refractivity contribution in [1.82, 2.24) is 9.78 Å². The van der Waals surface area contributed by atoms with Gasteiger partial charge in [-0.2, -0.15) is 5.10 Å². The van der Waals surface area contributed by atoms with Gasteiger partial charge in [-0.1, -0.05) is 22.9 Å². The average Bonchev–Trinajstić information content (AvgIpc) is 2.79. The molecule has 0 radical (unpaired) electrons. The van der Waals surface area contributed by atoms with Crippen molar-refractivity contribution in [1.29, 1.82) is 0 Å². The molecule has 2 aromatic rings. The summed E-state index contributed by atoms with van der Waals surface area (Å²) < 4.78 is 15.9. The minimum absolute atomic E-state index is 0.355. The lowest BCUT2D eigenvalue weighted by molar-refractivity contribution is 0.175. The van der Waals surface area contributed by atoms with E-state index in [0.29, 0.717) is 16.5 Å². The highest BCUT2D eigenvalue weighted by atomic mass is 79.9. The maximum atomic E-state index is 13.4. The number of aliphatic hydroxyl groups excluding tert-OH is 1. The number of hydrogen-bond donors (Lipinski definition) is 1. The monoisotopic (exact) mass is 340 g/mol. The number of aromatic nitrogens is 2. The summed E-state index contributed by atoms with van der Waals surface area (Å²) in [6.45, 7) is 4.82. The fourth-order valence-electron chi connectivity index (χ4n) is 2.21. The molecular weight excluding hydrogens is 323 g/mol. The van der Waals surface area contributed by atoms with Gasteiger partial charge in [-0.15, -0.1) is 0 Å². The molecule has 20 heavy (non-hydrogen) atoms. The van der Waals surface area contributed by atoms with E-state index >= 15 is 0 Å². The maximum absolute atomic E-state index is 13.4. The highest BCUT2D eigenvalue weighted by Gasteiger charge is 2.14. The Morgan fingerprint density at radius 1 is 1.30 bits per heavy atom. The summed E-state index contributed by atoms with van der Waals surface area (Å²) in [7, 11) is 0. The van der Waals surface area contributed by atoms with Gasteiger partial charge >= 0.3 is 0 Å². The second-order valence-electron chi connectivity index (χ2n) is 4.72. The molecule has 0 bridgehead atoms. The standard InChI is InChI=1S/C15H18BrFN2O/c1-3-13-8-14(19(4-2)18-13)9-15(20)10-5-11(16)7-12(17)6-10/h5-8,15,20H,3-4,9H2,1-2H3. The normalized spacial score (nSPS) is 12.7. The van der Waals surface area contributed by atoms with Crippen LogP contribution in [0.1, 0.15) is 36.9 Å². The SMILES string of the molecule is CCc1cc(CC(O)c2cc(F)cc(Br)c2)n(CC)n1. The van der Waals surface area contributed by atoms with Crippen LogP contribution in [0, 0.1) is 5.82 Å². The Bertz CT molecular complexity index is 577. The van der Waals surface area contributed by atoms with Crippen molar-refractivity contribution >= 4 is 15.9 Å². The van der Waals surface area contributed by atoms with Crippen molar-refractivity contribution < 1.29 is 9.50 Å². The van der Waals surface area contributed by atoms with E-state index in [-0.39, 0.29) is 5.82 Å². The van der Waals surface area contributed by atoms with E-state index in [2.05, 4.69) is 21.0 Å². The van der Waals surface area contributed by atoms with Gasteiger partial charge in [0.25, 0.3) is 0 Å². The van der Waals surface area contributed by atoms with E-state index in [4.69, 9.17) is 0 Å². The minimum Gasteiger partial charge on any atom is -0.388 e. The number of nitrogens with zero attached hydrogens (tertiary/aromatic N) is 2. The first kappa shape index (κ1) is 15.2. The predicted molar refractivity (Wildman–Crippen MR) is 80.0 cm³/mol. The molecule has 0 aliphatic rings. The molecule has 0 spiro atoms. The maximum Gasteiger partial charge on any atom is 0.124 e. The van der Waals surface area contributed by atoms with E-state index in [1.165, 1.54) is 12.1 Å². The van der Waals surface area contributed by atoms with E-state index < -0.39 is 6.10 Å². The molecule has 1 N–H and O–H groups in total. The summed E-state index contributed by atoms with van der Waals surface area (Å²) in [5.74, 6) is -0.355. The summed E-state index contributed by atoms with van der Waals surface area (Å²) in [4.78, 5) is 0. The second kappa shape index (κ2) is 6.50. The van der Waals surface area contributed by atoms with Crippen LogP contribution in [0.2, 0.25) is 0 Å². The third-order valence-corrected chi connectivity index (χ3v) is 3.71. The average molecular weight is 341 g/mol. The van der Waals surface area contributed by atoms with Crippen molar-refractivity contribution in [3.05, 3.63) is 51.5 Å². The Balaban J connectivity index is 2.22. The van der Waals surface area contributed by atoms with Crippen molar-refractivity contribution in [3.8, 4) is 0 Å². The zero-order chi connectivity index (χ0) is 14.7. The molecule has 3 nitrogen and oxygen atoms in total. The molecule has 0 amide bonds. The number of benzene rings is 1. The Kier molecular flexibility index (Phi) is 4.94. The number of aryl methyl sites for hydroxylation is 2. The van der Waals surface area contributed by atoms with Crippen molar-refractivity contribution in [3.63, 3.8) is 0 Å². The van der Waals surface area contributed by atoms with Crippen LogP contribution < -0.4 is 0 Å². The Morgan fingerprint density at radius 3 is 2.65 bits per heavy atom. The van der Waals surface area contributed by atoms with Crippen molar-refractivity contribution in [2.24, 2.45) is 0 Å². The lowest BCUT2D eigenvalue weighted by Crippen LogP contribution is -2.08. The molecule has 108 valence electrons. The van der Waals surface area contributed by atoms with E-state index in [1.54, 1.807) is 6.07 Å². The summed E-state index contributed by atoms with van der Waals surface area (Å²) in [5, 5.41) is 14.7. The molecule has 1 atom stereocenters. The highest BCUT2D eigenvalue weighted by Crippen LogP contribution is 2.23. The van der Waals surface area contributed by atoms with Gasteiger partial charge < -0.3 is 5.11 Å². The Morgan fingerprint density at radius 2 is 2.05 bits per heavy atom. The topological polar surface area (TPSA) is 38.0 Å². The van der Waals surface area contributed by atoms with Crippen molar-refractivity contribution in [2.75, 3.05) is 0 Å². The van der Waals surface area contributed by atoms with Gasteiger partial charge in [0.1, 0.15) is 5.82 Å². The van der Waals surface area contributed by atoms with Gasteiger partial charge in [0.05, 0.1) is 11.8 Å². The summed E-state index contributed by atoms with van der Waals surface area (Å²) in [5.41, 5.74) is 2.55. The van der Waals surface area contributed by atoms with Crippen LogP contribution in [0.3, 0.4) is 0 Å². The van der Waals surface area contributed by atoms with Gasteiger partial charge in [-0.3, -0.25) is 4.68 Å². The minimum atomic E-state index is -0.742. The largest absolute Gasteiger partial charge is 0.388 e. The zero-order valence-corrected chi connectivity index (χ0v) is 13.2. The van der Waals surface area contributed by atoms with Gasteiger partial charge in [0.2, 0.25) is 0 Å². The molecule has 1 aromatic carbocycles. The van der Waals surface area contributed by atoms with E-state index in [1.807, 2.05) is 24.6 Å². The fourth-order valence-corrected chi connectivity index (χ4v) is 2.69. The number of aliphatic hydroxyl groups is 1. The van der Waals surface area contributed by atoms with Crippen LogP contribution >= 0.6 is 15.9 Å². The lowest BCUT2D eigenvalue weighted by atomic mass is 10.0. The number of rotatable bonds is 5. The lowest BCUT2D eigenvalue weighted by Gasteiger charge is -2.12. The molecule has 0 aliphatic heterocycles. The molecule has 0 aliphatic carbocycles. The summed E-state index contributed by atoms with van der Waals surface area (Å²) >= 11 is 3.24. The third kappa shape index (κ3) is 3.46. The first-order valence-corrected chi connectivity index (χ1v) is 7.52. The molecule has 1 unspecified atom stereocenters. The number of hydrogen-bond acceptors (Lipinski definition) is 2. The van der Waals surface area contributed by atoms with Crippen molar-refractivity contribution in [2.45, 2.75) is 39.3 Å². The first-order valence-electron chi connectivity index (χ1n) is 6.73. The predicted octanol–water partition coefficient (Wildman–Crippen LogP) is 3.64. The second-order valence-corrected chi connectivity index (χ2v) is 5.63. The molecule has 0 saturated heterocycles. The summed E-state index contributed by atoms with van der Waals surface area (Å²) in [6, 6.07) is 6.48. The van der Waals surface area contributed by atoms with E-state index in [0.717, 1.165) is 24.4 Å². The molecule has 1 aromatic heterocycles. The van der Waals surface area contributed by atoms with Gasteiger partial charge in [0, 0.05) is 23.1 Å². The quantitative estimate of drug-likeness (QED) is 0.902. The van der Waals surface area contributed by atoms with Crippen LogP contribution in [-0.4, -0.2) is 14.9 Å².